The molecule has 0 aliphatic carbocycles. The van der Waals surface area contributed by atoms with Crippen molar-refractivity contribution in [3.8, 4) is 5.75 Å². The predicted octanol–water partition coefficient (Wildman–Crippen LogP) is 3.32. The van der Waals surface area contributed by atoms with Crippen molar-refractivity contribution in [3.05, 3.63) is 64.9 Å². The first-order valence-electron chi connectivity index (χ1n) is 6.77. The van der Waals surface area contributed by atoms with Gasteiger partial charge in [-0.3, -0.25) is 11.3 Å². The number of hydrogen-bond donors (Lipinski definition) is 2. The molecule has 1 atom stereocenters. The Balaban J connectivity index is 1.87. The predicted molar refractivity (Wildman–Crippen MR) is 82.8 cm³/mol. The molecule has 3 N–H and O–H groups in total. The van der Waals surface area contributed by atoms with E-state index in [2.05, 4.69) is 5.43 Å². The minimum Gasteiger partial charge on any atom is -0.494 e. The summed E-state index contributed by atoms with van der Waals surface area (Å²) in [5, 5.41) is 0.516. The third-order valence-corrected chi connectivity index (χ3v) is 3.42. The summed E-state index contributed by atoms with van der Waals surface area (Å²) in [4.78, 5) is 0. The molecule has 0 amide bonds. The molecule has 2 aromatic rings. The molecule has 0 saturated carbocycles. The van der Waals surface area contributed by atoms with Gasteiger partial charge in [0, 0.05) is 11.1 Å². The molecule has 1 unspecified atom stereocenters. The van der Waals surface area contributed by atoms with Gasteiger partial charge in [-0.2, -0.15) is 0 Å². The first-order chi connectivity index (χ1) is 10.2. The van der Waals surface area contributed by atoms with Gasteiger partial charge in [0.15, 0.2) is 0 Å². The van der Waals surface area contributed by atoms with E-state index in [1.807, 2.05) is 30.3 Å². The highest BCUT2D eigenvalue weighted by molar-refractivity contribution is 6.30. The molecule has 0 bridgehead atoms. The van der Waals surface area contributed by atoms with Crippen LogP contribution in [0.1, 0.15) is 12.0 Å². The van der Waals surface area contributed by atoms with Crippen LogP contribution in [-0.4, -0.2) is 12.6 Å². The van der Waals surface area contributed by atoms with Crippen LogP contribution in [0.4, 0.5) is 4.39 Å². The topological polar surface area (TPSA) is 47.3 Å². The lowest BCUT2D eigenvalue weighted by Gasteiger charge is -2.17. The highest BCUT2D eigenvalue weighted by atomic mass is 35.5. The summed E-state index contributed by atoms with van der Waals surface area (Å²) in [5.74, 6) is 6.06. The molecule has 2 aromatic carbocycles. The molecule has 0 spiro atoms. The van der Waals surface area contributed by atoms with Crippen LogP contribution >= 0.6 is 11.6 Å². The fraction of sp³-hybridized carbons (Fsp3) is 0.250. The SMILES string of the molecule is NNC(CCOc1ccccc1)Cc1cc(Cl)ccc1F. The lowest BCUT2D eigenvalue weighted by Crippen LogP contribution is -2.38. The number of ether oxygens (including phenoxy) is 1. The van der Waals surface area contributed by atoms with E-state index in [4.69, 9.17) is 22.2 Å². The third-order valence-electron chi connectivity index (χ3n) is 3.19. The summed E-state index contributed by atoms with van der Waals surface area (Å²) in [5.41, 5.74) is 3.24. The minimum absolute atomic E-state index is 0.0818. The summed E-state index contributed by atoms with van der Waals surface area (Å²) >= 11 is 5.88. The van der Waals surface area contributed by atoms with Gasteiger partial charge >= 0.3 is 0 Å². The minimum atomic E-state index is -0.274. The fourth-order valence-electron chi connectivity index (χ4n) is 2.05. The lowest BCUT2D eigenvalue weighted by atomic mass is 10.0. The summed E-state index contributed by atoms with van der Waals surface area (Å²) in [6.45, 7) is 0.501. The Morgan fingerprint density at radius 3 is 2.67 bits per heavy atom. The van der Waals surface area contributed by atoms with Gasteiger partial charge in [0.05, 0.1) is 6.61 Å². The van der Waals surface area contributed by atoms with E-state index in [1.165, 1.54) is 12.1 Å². The molecule has 3 nitrogen and oxygen atoms in total. The monoisotopic (exact) mass is 308 g/mol. The molecule has 0 aliphatic heterocycles. The second kappa shape index (κ2) is 7.98. The molecule has 5 heteroatoms. The van der Waals surface area contributed by atoms with Crippen LogP contribution in [0.25, 0.3) is 0 Å². The summed E-state index contributed by atoms with van der Waals surface area (Å²) < 4.78 is 19.3. The van der Waals surface area contributed by atoms with E-state index in [-0.39, 0.29) is 11.9 Å². The van der Waals surface area contributed by atoms with Crippen LogP contribution in [0.2, 0.25) is 5.02 Å². The maximum atomic E-state index is 13.7. The van der Waals surface area contributed by atoms with Crippen molar-refractivity contribution in [2.45, 2.75) is 18.9 Å². The number of hydrazine groups is 1. The number of hydrogen-bond acceptors (Lipinski definition) is 3. The standard InChI is InChI=1S/C16H18ClFN2O/c17-13-6-7-16(18)12(10-13)11-14(20-19)8-9-21-15-4-2-1-3-5-15/h1-7,10,14,20H,8-9,11,19H2. The second-order valence-electron chi connectivity index (χ2n) is 4.75. The van der Waals surface area contributed by atoms with Crippen LogP contribution in [-0.2, 0) is 6.42 Å². The molecule has 0 radical (unpaired) electrons. The Morgan fingerprint density at radius 1 is 1.19 bits per heavy atom. The molecular formula is C16H18ClFN2O. The Bertz CT molecular complexity index is 565. The fourth-order valence-corrected chi connectivity index (χ4v) is 2.24. The third kappa shape index (κ3) is 5.01. The zero-order chi connectivity index (χ0) is 15.1. The zero-order valence-corrected chi connectivity index (χ0v) is 12.3. The molecule has 0 aromatic heterocycles. The van der Waals surface area contributed by atoms with Gasteiger partial charge in [-0.05, 0) is 48.7 Å². The van der Waals surface area contributed by atoms with Gasteiger partial charge in [0.1, 0.15) is 11.6 Å². The van der Waals surface area contributed by atoms with Crippen molar-refractivity contribution in [3.63, 3.8) is 0 Å². The van der Waals surface area contributed by atoms with Gasteiger partial charge in [0.25, 0.3) is 0 Å². The van der Waals surface area contributed by atoms with Crippen LogP contribution in [0.3, 0.4) is 0 Å². The molecule has 2 rings (SSSR count). The number of nitrogens with two attached hydrogens (primary N) is 1. The Morgan fingerprint density at radius 2 is 1.95 bits per heavy atom. The Labute approximate surface area is 128 Å². The molecular weight excluding hydrogens is 291 g/mol. The van der Waals surface area contributed by atoms with Crippen molar-refractivity contribution in [1.29, 1.82) is 0 Å². The maximum absolute atomic E-state index is 13.7. The van der Waals surface area contributed by atoms with Crippen molar-refractivity contribution < 1.29 is 9.13 Å². The van der Waals surface area contributed by atoms with Gasteiger partial charge in [-0.15, -0.1) is 0 Å². The van der Waals surface area contributed by atoms with E-state index in [0.29, 0.717) is 30.0 Å². The smallest absolute Gasteiger partial charge is 0.126 e. The first-order valence-corrected chi connectivity index (χ1v) is 7.14. The van der Waals surface area contributed by atoms with Gasteiger partial charge in [-0.1, -0.05) is 29.8 Å². The second-order valence-corrected chi connectivity index (χ2v) is 5.19. The normalized spacial score (nSPS) is 12.1. The van der Waals surface area contributed by atoms with Crippen LogP contribution in [0.5, 0.6) is 5.75 Å². The number of para-hydroxylation sites is 1. The highest BCUT2D eigenvalue weighted by Crippen LogP contribution is 2.17. The summed E-state index contributed by atoms with van der Waals surface area (Å²) in [6.07, 6.45) is 1.12. The van der Waals surface area contributed by atoms with Crippen LogP contribution in [0, 0.1) is 5.82 Å². The van der Waals surface area contributed by atoms with Crippen molar-refractivity contribution in [2.75, 3.05) is 6.61 Å². The Kier molecular flexibility index (Phi) is 5.99. The average molecular weight is 309 g/mol. The largest absolute Gasteiger partial charge is 0.494 e. The quantitative estimate of drug-likeness (QED) is 0.609. The van der Waals surface area contributed by atoms with Crippen LogP contribution in [0.15, 0.2) is 48.5 Å². The van der Waals surface area contributed by atoms with E-state index in [0.717, 1.165) is 5.75 Å². The van der Waals surface area contributed by atoms with Crippen molar-refractivity contribution in [2.24, 2.45) is 5.84 Å². The van der Waals surface area contributed by atoms with E-state index in [1.54, 1.807) is 6.07 Å². The molecule has 0 saturated heterocycles. The number of rotatable bonds is 7. The van der Waals surface area contributed by atoms with Gasteiger partial charge in [-0.25, -0.2) is 4.39 Å². The van der Waals surface area contributed by atoms with E-state index in [9.17, 15) is 4.39 Å². The number of benzene rings is 2. The average Bonchev–Trinajstić information content (AvgIpc) is 2.51. The lowest BCUT2D eigenvalue weighted by molar-refractivity contribution is 0.284. The van der Waals surface area contributed by atoms with Crippen LogP contribution < -0.4 is 16.0 Å². The summed E-state index contributed by atoms with van der Waals surface area (Å²) in [6, 6.07) is 14.0. The number of halogens is 2. The zero-order valence-electron chi connectivity index (χ0n) is 11.6. The molecule has 0 heterocycles. The molecule has 0 aliphatic rings. The maximum Gasteiger partial charge on any atom is 0.126 e. The molecule has 112 valence electrons. The van der Waals surface area contributed by atoms with Gasteiger partial charge in [0.2, 0.25) is 0 Å². The molecule has 0 fully saturated rings. The van der Waals surface area contributed by atoms with E-state index >= 15 is 0 Å². The highest BCUT2D eigenvalue weighted by Gasteiger charge is 2.12. The number of nitrogens with one attached hydrogen (secondary N) is 1. The van der Waals surface area contributed by atoms with Gasteiger partial charge < -0.3 is 4.74 Å². The van der Waals surface area contributed by atoms with Crippen molar-refractivity contribution >= 4 is 11.6 Å². The summed E-state index contributed by atoms with van der Waals surface area (Å²) in [7, 11) is 0. The van der Waals surface area contributed by atoms with Crippen molar-refractivity contribution in [1.82, 2.24) is 5.43 Å². The Hall–Kier alpha value is -1.62. The van der Waals surface area contributed by atoms with E-state index < -0.39 is 0 Å². The molecule has 21 heavy (non-hydrogen) atoms. The first kappa shape index (κ1) is 15.8.